The number of fused-ring (bicyclic) bond motifs is 1. The number of amides is 1. The Morgan fingerprint density at radius 1 is 1.08 bits per heavy atom. The lowest BCUT2D eigenvalue weighted by molar-refractivity contribution is 0.0383. The van der Waals surface area contributed by atoms with Crippen LogP contribution in [0, 0.1) is 0 Å². The number of methoxy groups -OCH3 is 1. The minimum atomic E-state index is -0.231. The van der Waals surface area contributed by atoms with Crippen LogP contribution in [-0.4, -0.2) is 71.8 Å². The highest BCUT2D eigenvalue weighted by molar-refractivity contribution is 5.92. The van der Waals surface area contributed by atoms with Gasteiger partial charge in [0.2, 0.25) is 5.95 Å². The number of nitrogens with zero attached hydrogens (tertiary/aromatic N) is 4. The van der Waals surface area contributed by atoms with Gasteiger partial charge in [-0.3, -0.25) is 14.7 Å². The van der Waals surface area contributed by atoms with Crippen molar-refractivity contribution in [3.8, 4) is 17.2 Å². The first-order chi connectivity index (χ1) is 18.1. The van der Waals surface area contributed by atoms with E-state index < -0.39 is 0 Å². The summed E-state index contributed by atoms with van der Waals surface area (Å²) < 4.78 is 18.8. The smallest absolute Gasteiger partial charge is 0.270 e. The number of anilines is 2. The van der Waals surface area contributed by atoms with Crippen LogP contribution < -0.4 is 20.1 Å². The van der Waals surface area contributed by atoms with Gasteiger partial charge in [-0.2, -0.15) is 0 Å². The van der Waals surface area contributed by atoms with E-state index in [0.29, 0.717) is 29.7 Å². The summed E-state index contributed by atoms with van der Waals surface area (Å²) in [6.45, 7) is 4.57. The second-order valence-corrected chi connectivity index (χ2v) is 8.66. The van der Waals surface area contributed by atoms with E-state index in [1.54, 1.807) is 25.4 Å². The minimum absolute atomic E-state index is 0.231. The Morgan fingerprint density at radius 3 is 2.73 bits per heavy atom. The average Bonchev–Trinajstić information content (AvgIpc) is 3.23. The third-order valence-electron chi connectivity index (χ3n) is 6.22. The number of rotatable bonds is 9. The molecule has 0 aliphatic carbocycles. The van der Waals surface area contributed by atoms with E-state index in [1.807, 2.05) is 54.1 Å². The first-order valence-electron chi connectivity index (χ1n) is 12.2. The number of carbonyl (C=O) groups excluding carboxylic acids is 1. The first-order valence-corrected chi connectivity index (χ1v) is 12.2. The molecule has 192 valence electrons. The summed E-state index contributed by atoms with van der Waals surface area (Å²) in [4.78, 5) is 23.8. The molecule has 1 amide bonds. The number of hydrogen-bond acceptors (Lipinski definition) is 8. The molecule has 4 aromatic rings. The van der Waals surface area contributed by atoms with Gasteiger partial charge in [0, 0.05) is 51.6 Å². The minimum Gasteiger partial charge on any atom is -0.495 e. The Bertz CT molecular complexity index is 1380. The zero-order chi connectivity index (χ0) is 25.6. The molecule has 2 aromatic heterocycles. The van der Waals surface area contributed by atoms with Gasteiger partial charge in [0.1, 0.15) is 22.9 Å². The molecule has 10 nitrogen and oxygen atoms in total. The lowest BCUT2D eigenvalue weighted by Gasteiger charge is -2.26. The predicted octanol–water partition coefficient (Wildman–Crippen LogP) is 3.57. The van der Waals surface area contributed by atoms with Crippen molar-refractivity contribution in [3.63, 3.8) is 0 Å². The molecule has 37 heavy (non-hydrogen) atoms. The second-order valence-electron chi connectivity index (χ2n) is 8.66. The molecule has 0 saturated carbocycles. The topological polar surface area (TPSA) is 103 Å². The highest BCUT2D eigenvalue weighted by Crippen LogP contribution is 2.30. The molecule has 0 atom stereocenters. The predicted molar refractivity (Wildman–Crippen MR) is 141 cm³/mol. The number of imidazole rings is 1. The number of aromatic nitrogens is 3. The maximum atomic E-state index is 12.6. The average molecular weight is 503 g/mol. The number of pyridine rings is 1. The van der Waals surface area contributed by atoms with Crippen molar-refractivity contribution in [3.05, 3.63) is 66.5 Å². The number of benzene rings is 2. The summed E-state index contributed by atoms with van der Waals surface area (Å²) in [7, 11) is 3.58. The number of para-hydroxylation sites is 2. The standard InChI is InChI=1S/C27H30N6O4/c1-32-24-8-7-19(17-22(24)31-27(32)30-21-5-3-4-6-25(21)35-2)37-20-9-10-28-23(18-20)26(34)29-11-12-33-13-15-36-16-14-33/h3-10,17-18H,11-16H2,1-2H3,(H,29,34)(H,30,31). The molecule has 10 heteroatoms. The normalized spacial score (nSPS) is 13.9. The Kier molecular flexibility index (Phi) is 7.48. The summed E-state index contributed by atoms with van der Waals surface area (Å²) in [6, 6.07) is 16.7. The van der Waals surface area contributed by atoms with Crippen LogP contribution in [0.4, 0.5) is 11.6 Å². The molecule has 1 aliphatic heterocycles. The number of aryl methyl sites for hydroxylation is 1. The number of carbonyl (C=O) groups is 1. The van der Waals surface area contributed by atoms with E-state index in [-0.39, 0.29) is 5.91 Å². The Labute approximate surface area is 215 Å². The fourth-order valence-electron chi connectivity index (χ4n) is 4.20. The van der Waals surface area contributed by atoms with Gasteiger partial charge in [0.25, 0.3) is 5.91 Å². The SMILES string of the molecule is COc1ccccc1Nc1nc2cc(Oc3ccnc(C(=O)NCCN4CCOCC4)c3)ccc2n1C. The monoisotopic (exact) mass is 502 g/mol. The van der Waals surface area contributed by atoms with Crippen LogP contribution in [0.1, 0.15) is 10.5 Å². The van der Waals surface area contributed by atoms with Crippen LogP contribution in [0.25, 0.3) is 11.0 Å². The van der Waals surface area contributed by atoms with E-state index >= 15 is 0 Å². The van der Waals surface area contributed by atoms with Gasteiger partial charge in [-0.1, -0.05) is 12.1 Å². The highest BCUT2D eigenvalue weighted by atomic mass is 16.5. The number of hydrogen-bond donors (Lipinski definition) is 2. The summed E-state index contributed by atoms with van der Waals surface area (Å²) in [6.07, 6.45) is 1.57. The lowest BCUT2D eigenvalue weighted by atomic mass is 10.3. The molecule has 0 unspecified atom stereocenters. The third-order valence-corrected chi connectivity index (χ3v) is 6.22. The molecule has 1 saturated heterocycles. The zero-order valence-electron chi connectivity index (χ0n) is 20.9. The summed E-state index contributed by atoms with van der Waals surface area (Å²) >= 11 is 0. The quantitative estimate of drug-likeness (QED) is 0.358. The van der Waals surface area contributed by atoms with E-state index in [1.165, 1.54) is 0 Å². The van der Waals surface area contributed by atoms with Gasteiger partial charge in [0.05, 0.1) is 37.0 Å². The van der Waals surface area contributed by atoms with Crippen molar-refractivity contribution in [1.29, 1.82) is 0 Å². The Morgan fingerprint density at radius 2 is 1.89 bits per heavy atom. The van der Waals surface area contributed by atoms with Gasteiger partial charge in [-0.05, 0) is 30.3 Å². The zero-order valence-corrected chi connectivity index (χ0v) is 20.9. The fraction of sp³-hybridized carbons (Fsp3) is 0.296. The molecular formula is C27H30N6O4. The molecule has 3 heterocycles. The summed E-state index contributed by atoms with van der Waals surface area (Å²) in [5, 5.41) is 6.26. The summed E-state index contributed by atoms with van der Waals surface area (Å²) in [5.74, 6) is 2.31. The van der Waals surface area contributed by atoms with Gasteiger partial charge >= 0.3 is 0 Å². The van der Waals surface area contributed by atoms with Gasteiger partial charge in [0.15, 0.2) is 0 Å². The van der Waals surface area contributed by atoms with Crippen LogP contribution >= 0.6 is 0 Å². The molecule has 2 aromatic carbocycles. The van der Waals surface area contributed by atoms with E-state index in [9.17, 15) is 4.79 Å². The van der Waals surface area contributed by atoms with Crippen molar-refractivity contribution in [2.75, 3.05) is 51.8 Å². The third kappa shape index (κ3) is 5.82. The van der Waals surface area contributed by atoms with E-state index in [4.69, 9.17) is 19.2 Å². The van der Waals surface area contributed by atoms with Crippen molar-refractivity contribution < 1.29 is 19.0 Å². The maximum Gasteiger partial charge on any atom is 0.270 e. The van der Waals surface area contributed by atoms with Crippen molar-refractivity contribution in [2.45, 2.75) is 0 Å². The van der Waals surface area contributed by atoms with Crippen molar-refractivity contribution >= 4 is 28.6 Å². The van der Waals surface area contributed by atoms with Crippen LogP contribution in [-0.2, 0) is 11.8 Å². The molecule has 0 bridgehead atoms. The molecule has 0 radical (unpaired) electrons. The largest absolute Gasteiger partial charge is 0.495 e. The van der Waals surface area contributed by atoms with Crippen LogP contribution in [0.5, 0.6) is 17.2 Å². The van der Waals surface area contributed by atoms with Gasteiger partial charge < -0.3 is 29.4 Å². The number of morpholine rings is 1. The Balaban J connectivity index is 1.25. The van der Waals surface area contributed by atoms with Crippen molar-refractivity contribution in [1.82, 2.24) is 24.8 Å². The lowest BCUT2D eigenvalue weighted by Crippen LogP contribution is -2.41. The molecule has 2 N–H and O–H groups in total. The summed E-state index contributed by atoms with van der Waals surface area (Å²) in [5.41, 5.74) is 2.85. The second kappa shape index (κ2) is 11.3. The molecule has 5 rings (SSSR count). The van der Waals surface area contributed by atoms with Crippen LogP contribution in [0.2, 0.25) is 0 Å². The van der Waals surface area contributed by atoms with Crippen LogP contribution in [0.15, 0.2) is 60.8 Å². The van der Waals surface area contributed by atoms with E-state index in [2.05, 4.69) is 20.5 Å². The molecule has 1 fully saturated rings. The van der Waals surface area contributed by atoms with E-state index in [0.717, 1.165) is 55.3 Å². The maximum absolute atomic E-state index is 12.6. The van der Waals surface area contributed by atoms with Crippen LogP contribution in [0.3, 0.4) is 0 Å². The fourth-order valence-corrected chi connectivity index (χ4v) is 4.20. The van der Waals surface area contributed by atoms with Gasteiger partial charge in [-0.15, -0.1) is 0 Å². The van der Waals surface area contributed by atoms with Gasteiger partial charge in [-0.25, -0.2) is 4.98 Å². The highest BCUT2D eigenvalue weighted by Gasteiger charge is 2.14. The van der Waals surface area contributed by atoms with Crippen molar-refractivity contribution in [2.24, 2.45) is 7.05 Å². The number of ether oxygens (including phenoxy) is 3. The molecule has 1 aliphatic rings. The number of nitrogens with one attached hydrogen (secondary N) is 2. The first kappa shape index (κ1) is 24.5. The molecule has 0 spiro atoms. The molecular weight excluding hydrogens is 472 g/mol. The Hall–Kier alpha value is -4.15.